The lowest BCUT2D eigenvalue weighted by atomic mass is 9.72. The van der Waals surface area contributed by atoms with Crippen molar-refractivity contribution in [3.63, 3.8) is 0 Å². The summed E-state index contributed by atoms with van der Waals surface area (Å²) >= 11 is 0. The summed E-state index contributed by atoms with van der Waals surface area (Å²) in [5.41, 5.74) is 9.01. The van der Waals surface area contributed by atoms with Gasteiger partial charge in [-0.05, 0) is 53.8 Å². The van der Waals surface area contributed by atoms with Gasteiger partial charge in [0, 0.05) is 38.6 Å². The van der Waals surface area contributed by atoms with Crippen LogP contribution in [-0.4, -0.2) is 4.98 Å². The number of nitrogens with one attached hydrogen (secondary N) is 1. The van der Waals surface area contributed by atoms with Crippen LogP contribution in [0.5, 0.6) is 0 Å². The molecular formula is C39H27NO. The van der Waals surface area contributed by atoms with Gasteiger partial charge in [0.1, 0.15) is 11.2 Å². The van der Waals surface area contributed by atoms with Crippen LogP contribution in [0, 0.1) is 24.7 Å². The summed E-state index contributed by atoms with van der Waals surface area (Å²) in [7, 11) is 0. The lowest BCUT2D eigenvalue weighted by Crippen LogP contribution is -2.23. The molecule has 1 N–H and O–H groups in total. The molecule has 0 saturated heterocycles. The van der Waals surface area contributed by atoms with E-state index < -0.39 is 0 Å². The molecule has 7 rings (SSSR count). The summed E-state index contributed by atoms with van der Waals surface area (Å²) in [5, 5.41) is 4.70. The SMILES string of the molecule is C#C/C=C\C=C/CC1(C/C=C\C=C/C#C)c2ccccc2-c2c1ccc1c2[nH]c2cc3oc4ccccc4c3cc21. The molecule has 2 heterocycles. The number of aromatic amines is 1. The van der Waals surface area contributed by atoms with Crippen molar-refractivity contribution in [1.82, 2.24) is 4.98 Å². The van der Waals surface area contributed by atoms with Crippen LogP contribution in [0.15, 0.2) is 126 Å². The predicted octanol–water partition coefficient (Wildman–Crippen LogP) is 9.76. The fourth-order valence-electron chi connectivity index (χ4n) is 6.57. The Morgan fingerprint density at radius 2 is 1.41 bits per heavy atom. The molecular weight excluding hydrogens is 498 g/mol. The van der Waals surface area contributed by atoms with Gasteiger partial charge in [0.05, 0.1) is 11.0 Å². The number of hydrogen-bond donors (Lipinski definition) is 1. The zero-order valence-corrected chi connectivity index (χ0v) is 22.5. The Kier molecular flexibility index (Phi) is 5.96. The number of para-hydroxylation sites is 1. The molecule has 0 spiro atoms. The van der Waals surface area contributed by atoms with Crippen LogP contribution in [0.2, 0.25) is 0 Å². The van der Waals surface area contributed by atoms with E-state index in [4.69, 9.17) is 17.3 Å². The number of H-pyrrole nitrogens is 1. The van der Waals surface area contributed by atoms with E-state index >= 15 is 0 Å². The number of furan rings is 1. The first-order valence-corrected chi connectivity index (χ1v) is 13.8. The van der Waals surface area contributed by atoms with Gasteiger partial charge in [-0.15, -0.1) is 12.8 Å². The van der Waals surface area contributed by atoms with Gasteiger partial charge in [-0.1, -0.05) is 103 Å². The number of aromatic nitrogens is 1. The highest BCUT2D eigenvalue weighted by Crippen LogP contribution is 2.55. The van der Waals surface area contributed by atoms with Crippen molar-refractivity contribution in [2.75, 3.05) is 0 Å². The number of rotatable bonds is 6. The second kappa shape index (κ2) is 9.95. The molecule has 2 heteroatoms. The number of terminal acetylenes is 2. The maximum Gasteiger partial charge on any atom is 0.137 e. The standard InChI is InChI=1S/C39H27NO/c1-3-5-7-9-15-23-39(24-16-10-8-6-4-2)32-19-13-11-18-29(32)37-33(39)22-21-28-30-25-31-27-17-12-14-20-35(27)41-36(31)26-34(30)40-38(28)37/h1-2,5-22,25-26,40H,23-24H2/b7-5-,8-6-,15-9-,16-10-. The van der Waals surface area contributed by atoms with Crippen LogP contribution >= 0.6 is 0 Å². The highest BCUT2D eigenvalue weighted by atomic mass is 16.3. The molecule has 2 nitrogen and oxygen atoms in total. The van der Waals surface area contributed by atoms with Gasteiger partial charge in [-0.2, -0.15) is 0 Å². The smallest absolute Gasteiger partial charge is 0.137 e. The molecule has 2 aromatic heterocycles. The summed E-state index contributed by atoms with van der Waals surface area (Å²) in [6, 6.07) is 26.1. The highest BCUT2D eigenvalue weighted by Gasteiger charge is 2.42. The molecule has 41 heavy (non-hydrogen) atoms. The van der Waals surface area contributed by atoms with Crippen molar-refractivity contribution >= 4 is 43.7 Å². The summed E-state index contributed by atoms with van der Waals surface area (Å²) < 4.78 is 6.21. The van der Waals surface area contributed by atoms with Gasteiger partial charge in [0.2, 0.25) is 0 Å². The maximum atomic E-state index is 6.21. The zero-order chi connectivity index (χ0) is 27.8. The normalized spacial score (nSPS) is 14.3. The van der Waals surface area contributed by atoms with E-state index in [2.05, 4.69) is 89.6 Å². The average molecular weight is 526 g/mol. The third-order valence-electron chi connectivity index (χ3n) is 8.31. The van der Waals surface area contributed by atoms with Crippen molar-refractivity contribution in [1.29, 1.82) is 0 Å². The van der Waals surface area contributed by atoms with E-state index in [0.29, 0.717) is 0 Å². The van der Waals surface area contributed by atoms with Gasteiger partial charge in [0.25, 0.3) is 0 Å². The minimum absolute atomic E-state index is 0.234. The maximum absolute atomic E-state index is 6.21. The Balaban J connectivity index is 1.46. The number of fused-ring (bicyclic) bond motifs is 10. The number of allylic oxidation sites excluding steroid dienone is 8. The molecule has 6 aromatic rings. The minimum Gasteiger partial charge on any atom is -0.456 e. The third kappa shape index (κ3) is 3.85. The average Bonchev–Trinajstić information content (AvgIpc) is 3.64. The molecule has 0 saturated carbocycles. The summed E-state index contributed by atoms with van der Waals surface area (Å²) in [4.78, 5) is 3.80. The molecule has 0 amide bonds. The second-order valence-corrected chi connectivity index (χ2v) is 10.5. The fraction of sp³-hybridized carbons (Fsp3) is 0.0769. The van der Waals surface area contributed by atoms with Gasteiger partial charge in [-0.3, -0.25) is 0 Å². The van der Waals surface area contributed by atoms with Gasteiger partial charge < -0.3 is 9.40 Å². The monoisotopic (exact) mass is 525 g/mol. The van der Waals surface area contributed by atoms with Gasteiger partial charge in [-0.25, -0.2) is 0 Å². The van der Waals surface area contributed by atoms with Crippen LogP contribution < -0.4 is 0 Å². The van der Waals surface area contributed by atoms with Crippen LogP contribution in [-0.2, 0) is 5.41 Å². The van der Waals surface area contributed by atoms with E-state index in [1.807, 2.05) is 36.4 Å². The van der Waals surface area contributed by atoms with Crippen LogP contribution in [0.1, 0.15) is 24.0 Å². The van der Waals surface area contributed by atoms with Crippen molar-refractivity contribution in [3.05, 3.63) is 133 Å². The van der Waals surface area contributed by atoms with E-state index in [-0.39, 0.29) is 5.41 Å². The number of hydrogen-bond acceptors (Lipinski definition) is 1. The molecule has 0 fully saturated rings. The largest absolute Gasteiger partial charge is 0.456 e. The molecule has 1 aliphatic rings. The van der Waals surface area contributed by atoms with E-state index in [1.54, 1.807) is 12.2 Å². The quantitative estimate of drug-likeness (QED) is 0.170. The van der Waals surface area contributed by atoms with E-state index in [1.165, 1.54) is 33.0 Å². The highest BCUT2D eigenvalue weighted by molar-refractivity contribution is 6.19. The van der Waals surface area contributed by atoms with E-state index in [9.17, 15) is 0 Å². The lowest BCUT2D eigenvalue weighted by molar-refractivity contribution is 0.542. The van der Waals surface area contributed by atoms with Crippen LogP contribution in [0.25, 0.3) is 54.9 Å². The Morgan fingerprint density at radius 3 is 2.20 bits per heavy atom. The van der Waals surface area contributed by atoms with E-state index in [0.717, 1.165) is 45.8 Å². The van der Waals surface area contributed by atoms with Crippen molar-refractivity contribution < 1.29 is 4.42 Å². The van der Waals surface area contributed by atoms with Crippen molar-refractivity contribution in [2.24, 2.45) is 0 Å². The fourth-order valence-corrected chi connectivity index (χ4v) is 6.57. The van der Waals surface area contributed by atoms with Crippen molar-refractivity contribution in [2.45, 2.75) is 18.3 Å². The molecule has 0 bridgehead atoms. The van der Waals surface area contributed by atoms with Gasteiger partial charge >= 0.3 is 0 Å². The number of benzene rings is 4. The molecule has 0 radical (unpaired) electrons. The van der Waals surface area contributed by atoms with Crippen LogP contribution in [0.4, 0.5) is 0 Å². The van der Waals surface area contributed by atoms with Crippen molar-refractivity contribution in [3.8, 4) is 35.8 Å². The predicted molar refractivity (Wildman–Crippen MR) is 173 cm³/mol. The topological polar surface area (TPSA) is 28.9 Å². The van der Waals surface area contributed by atoms with Crippen LogP contribution in [0.3, 0.4) is 0 Å². The Hall–Kier alpha value is -5.44. The molecule has 0 unspecified atom stereocenters. The summed E-state index contributed by atoms with van der Waals surface area (Å²) in [6.07, 6.45) is 28.3. The molecule has 194 valence electrons. The minimum atomic E-state index is -0.234. The first kappa shape index (κ1) is 24.6. The third-order valence-corrected chi connectivity index (χ3v) is 8.31. The Morgan fingerprint density at radius 1 is 0.683 bits per heavy atom. The summed E-state index contributed by atoms with van der Waals surface area (Å²) in [5.74, 6) is 5.13. The van der Waals surface area contributed by atoms with Gasteiger partial charge in [0.15, 0.2) is 0 Å². The Bertz CT molecular complexity index is 2140. The first-order chi connectivity index (χ1) is 20.2. The second-order valence-electron chi connectivity index (χ2n) is 10.5. The first-order valence-electron chi connectivity index (χ1n) is 13.8. The molecule has 0 aliphatic heterocycles. The molecule has 1 aliphatic carbocycles. The summed E-state index contributed by atoms with van der Waals surface area (Å²) in [6.45, 7) is 0. The lowest BCUT2D eigenvalue weighted by Gasteiger charge is -2.30. The molecule has 0 atom stereocenters. The molecule has 4 aromatic carbocycles. The zero-order valence-electron chi connectivity index (χ0n) is 22.5. The Labute approximate surface area is 239 Å².